The average molecular weight is 479 g/mol. The summed E-state index contributed by atoms with van der Waals surface area (Å²) in [4.78, 5) is 38.6. The number of carbonyl (C=O) groups is 3. The molecular formula is C22H21BrF2N2O3. The monoisotopic (exact) mass is 478 g/mol. The van der Waals surface area contributed by atoms with Gasteiger partial charge in [-0.2, -0.15) is 0 Å². The second-order valence-electron chi connectivity index (χ2n) is 7.16. The highest BCUT2D eigenvalue weighted by Gasteiger charge is 2.29. The number of piperidine rings is 1. The highest BCUT2D eigenvalue weighted by atomic mass is 79.9. The van der Waals surface area contributed by atoms with Crippen molar-refractivity contribution in [3.05, 3.63) is 69.7 Å². The molecule has 30 heavy (non-hydrogen) atoms. The van der Waals surface area contributed by atoms with Gasteiger partial charge in [0.05, 0.1) is 5.56 Å². The number of halogens is 3. The van der Waals surface area contributed by atoms with Crippen LogP contribution in [0.15, 0.2) is 46.9 Å². The van der Waals surface area contributed by atoms with Crippen molar-refractivity contribution in [2.45, 2.75) is 19.3 Å². The Labute approximate surface area is 181 Å². The van der Waals surface area contributed by atoms with Gasteiger partial charge >= 0.3 is 0 Å². The standard InChI is InChI=1S/C22H21BrF2N2O3/c23-16-3-1-15(2-4-16)22(30)26-10-7-20(28)27-11-8-14(9-12-27)21(29)18-13-17(24)5-6-19(18)25/h1-6,13-14H,7-12H2,(H,26,30). The molecule has 0 atom stereocenters. The molecule has 0 aromatic heterocycles. The molecule has 158 valence electrons. The van der Waals surface area contributed by atoms with Crippen LogP contribution in [0.3, 0.4) is 0 Å². The second kappa shape index (κ2) is 9.93. The molecule has 0 bridgehead atoms. The lowest BCUT2D eigenvalue weighted by atomic mass is 9.88. The Kier molecular flexibility index (Phi) is 7.31. The number of benzene rings is 2. The summed E-state index contributed by atoms with van der Waals surface area (Å²) in [6.45, 7) is 0.945. The van der Waals surface area contributed by atoms with Crippen molar-refractivity contribution in [2.24, 2.45) is 5.92 Å². The third-order valence-electron chi connectivity index (χ3n) is 5.14. The van der Waals surface area contributed by atoms with E-state index in [0.717, 1.165) is 22.7 Å². The minimum Gasteiger partial charge on any atom is -0.352 e. The van der Waals surface area contributed by atoms with Gasteiger partial charge in [0.25, 0.3) is 5.91 Å². The van der Waals surface area contributed by atoms with Crippen LogP contribution in [-0.4, -0.2) is 42.1 Å². The van der Waals surface area contributed by atoms with Gasteiger partial charge in [-0.1, -0.05) is 15.9 Å². The molecule has 1 N–H and O–H groups in total. The molecule has 1 heterocycles. The number of likely N-dealkylation sites (tertiary alicyclic amines) is 1. The molecule has 0 unspecified atom stereocenters. The van der Waals surface area contributed by atoms with Crippen LogP contribution in [0.4, 0.5) is 8.78 Å². The Hall–Kier alpha value is -2.61. The smallest absolute Gasteiger partial charge is 0.251 e. The Morgan fingerprint density at radius 1 is 1.03 bits per heavy atom. The van der Waals surface area contributed by atoms with Crippen molar-refractivity contribution < 1.29 is 23.2 Å². The molecule has 1 saturated heterocycles. The Morgan fingerprint density at radius 3 is 2.37 bits per heavy atom. The fourth-order valence-electron chi connectivity index (χ4n) is 3.44. The number of rotatable bonds is 6. The quantitative estimate of drug-likeness (QED) is 0.638. The van der Waals surface area contributed by atoms with E-state index in [0.29, 0.717) is 31.5 Å². The van der Waals surface area contributed by atoms with Crippen molar-refractivity contribution in [1.82, 2.24) is 10.2 Å². The SMILES string of the molecule is O=C(NCCC(=O)N1CCC(C(=O)c2cc(F)ccc2F)CC1)c1ccc(Br)cc1. The van der Waals surface area contributed by atoms with Crippen LogP contribution in [-0.2, 0) is 4.79 Å². The van der Waals surface area contributed by atoms with Gasteiger partial charge in [0.1, 0.15) is 11.6 Å². The van der Waals surface area contributed by atoms with Crippen molar-refractivity contribution in [3.63, 3.8) is 0 Å². The summed E-state index contributed by atoms with van der Waals surface area (Å²) < 4.78 is 28.0. The van der Waals surface area contributed by atoms with Crippen LogP contribution in [0.25, 0.3) is 0 Å². The van der Waals surface area contributed by atoms with E-state index in [-0.39, 0.29) is 30.3 Å². The van der Waals surface area contributed by atoms with Gasteiger partial charge in [0.2, 0.25) is 5.91 Å². The molecule has 8 heteroatoms. The molecule has 0 saturated carbocycles. The predicted molar refractivity (Wildman–Crippen MR) is 111 cm³/mol. The lowest BCUT2D eigenvalue weighted by Gasteiger charge is -2.31. The lowest BCUT2D eigenvalue weighted by molar-refractivity contribution is -0.132. The molecule has 1 fully saturated rings. The maximum atomic E-state index is 13.8. The van der Waals surface area contributed by atoms with Crippen LogP contribution >= 0.6 is 15.9 Å². The molecular weight excluding hydrogens is 458 g/mol. The molecule has 1 aliphatic heterocycles. The Balaban J connectivity index is 1.45. The molecule has 5 nitrogen and oxygen atoms in total. The first-order valence-corrected chi connectivity index (χ1v) is 10.5. The predicted octanol–water partition coefficient (Wildman–Crippen LogP) is 3.97. The van der Waals surface area contributed by atoms with E-state index < -0.39 is 23.3 Å². The lowest BCUT2D eigenvalue weighted by Crippen LogP contribution is -2.41. The Bertz CT molecular complexity index is 942. The zero-order chi connectivity index (χ0) is 21.7. The fraction of sp³-hybridized carbons (Fsp3) is 0.318. The number of hydrogen-bond acceptors (Lipinski definition) is 3. The number of carbonyl (C=O) groups excluding carboxylic acids is 3. The van der Waals surface area contributed by atoms with Crippen LogP contribution in [0, 0.1) is 17.6 Å². The number of nitrogens with one attached hydrogen (secondary N) is 1. The van der Waals surface area contributed by atoms with Crippen LogP contribution in [0.5, 0.6) is 0 Å². The van der Waals surface area contributed by atoms with Gasteiger partial charge < -0.3 is 10.2 Å². The molecule has 0 radical (unpaired) electrons. The first-order chi connectivity index (χ1) is 14.3. The summed E-state index contributed by atoms with van der Waals surface area (Å²) in [6.07, 6.45) is 0.941. The van der Waals surface area contributed by atoms with Gasteiger partial charge in [-0.15, -0.1) is 0 Å². The van der Waals surface area contributed by atoms with E-state index in [1.165, 1.54) is 0 Å². The molecule has 2 aromatic carbocycles. The fourth-order valence-corrected chi connectivity index (χ4v) is 3.71. The van der Waals surface area contributed by atoms with E-state index in [2.05, 4.69) is 21.2 Å². The summed E-state index contributed by atoms with van der Waals surface area (Å²) in [5.41, 5.74) is 0.269. The van der Waals surface area contributed by atoms with Gasteiger partial charge in [-0.3, -0.25) is 14.4 Å². The summed E-state index contributed by atoms with van der Waals surface area (Å²) in [5, 5.41) is 2.72. The number of ketones is 1. The molecule has 3 rings (SSSR count). The van der Waals surface area contributed by atoms with E-state index in [4.69, 9.17) is 0 Å². The van der Waals surface area contributed by atoms with Crippen molar-refractivity contribution in [3.8, 4) is 0 Å². The van der Waals surface area contributed by atoms with Crippen LogP contribution in [0.2, 0.25) is 0 Å². The number of nitrogens with zero attached hydrogens (tertiary/aromatic N) is 1. The second-order valence-corrected chi connectivity index (χ2v) is 8.07. The van der Waals surface area contributed by atoms with Crippen molar-refractivity contribution in [1.29, 1.82) is 0 Å². The van der Waals surface area contributed by atoms with E-state index in [1.807, 2.05) is 0 Å². The van der Waals surface area contributed by atoms with Crippen LogP contribution < -0.4 is 5.32 Å². The van der Waals surface area contributed by atoms with E-state index in [9.17, 15) is 23.2 Å². The number of amides is 2. The maximum absolute atomic E-state index is 13.8. The summed E-state index contributed by atoms with van der Waals surface area (Å²) in [6, 6.07) is 9.74. The van der Waals surface area contributed by atoms with Crippen molar-refractivity contribution >= 4 is 33.5 Å². The highest BCUT2D eigenvalue weighted by molar-refractivity contribution is 9.10. The normalized spacial score (nSPS) is 14.4. The minimum absolute atomic E-state index is 0.117. The molecule has 0 aliphatic carbocycles. The zero-order valence-electron chi connectivity index (χ0n) is 16.2. The number of Topliss-reactive ketones (excluding diaryl/α,β-unsaturated/α-hetero) is 1. The minimum atomic E-state index is -0.735. The van der Waals surface area contributed by atoms with Gasteiger partial charge in [-0.05, 0) is 55.3 Å². The summed E-state index contributed by atoms with van der Waals surface area (Å²) >= 11 is 3.31. The van der Waals surface area contributed by atoms with Gasteiger partial charge in [0, 0.05) is 42.0 Å². The van der Waals surface area contributed by atoms with E-state index in [1.54, 1.807) is 29.2 Å². The highest BCUT2D eigenvalue weighted by Crippen LogP contribution is 2.24. The molecule has 2 aromatic rings. The summed E-state index contributed by atoms with van der Waals surface area (Å²) in [5.74, 6) is -2.63. The van der Waals surface area contributed by atoms with E-state index >= 15 is 0 Å². The first kappa shape index (κ1) is 22.1. The molecule has 1 aliphatic rings. The van der Waals surface area contributed by atoms with Crippen LogP contribution in [0.1, 0.15) is 40.0 Å². The third kappa shape index (κ3) is 5.50. The largest absolute Gasteiger partial charge is 0.352 e. The van der Waals surface area contributed by atoms with Gasteiger partial charge in [0.15, 0.2) is 5.78 Å². The zero-order valence-corrected chi connectivity index (χ0v) is 17.8. The summed E-state index contributed by atoms with van der Waals surface area (Å²) in [7, 11) is 0. The Morgan fingerprint density at radius 2 is 1.70 bits per heavy atom. The number of hydrogen-bond donors (Lipinski definition) is 1. The third-order valence-corrected chi connectivity index (χ3v) is 5.67. The topological polar surface area (TPSA) is 66.5 Å². The molecule has 0 spiro atoms. The molecule has 2 amide bonds. The van der Waals surface area contributed by atoms with Gasteiger partial charge in [-0.25, -0.2) is 8.78 Å². The average Bonchev–Trinajstić information content (AvgIpc) is 2.75. The van der Waals surface area contributed by atoms with Crippen molar-refractivity contribution in [2.75, 3.05) is 19.6 Å². The maximum Gasteiger partial charge on any atom is 0.251 e. The first-order valence-electron chi connectivity index (χ1n) is 9.66.